The minimum atomic E-state index is -0.228. The third kappa shape index (κ3) is 3.50. The van der Waals surface area contributed by atoms with Crippen molar-refractivity contribution in [3.05, 3.63) is 45.3 Å². The molecule has 0 amide bonds. The highest BCUT2D eigenvalue weighted by Crippen LogP contribution is 2.26. The Labute approximate surface area is 138 Å². The van der Waals surface area contributed by atoms with E-state index in [0.717, 1.165) is 29.0 Å². The molecule has 0 bridgehead atoms. The van der Waals surface area contributed by atoms with Crippen LogP contribution in [0.3, 0.4) is 0 Å². The van der Waals surface area contributed by atoms with Crippen LogP contribution in [0.25, 0.3) is 11.0 Å². The summed E-state index contributed by atoms with van der Waals surface area (Å²) < 4.78 is 5.46. The lowest BCUT2D eigenvalue weighted by molar-refractivity contribution is -0.919. The number of hydrogen-bond acceptors (Lipinski definition) is 2. The number of nitrogens with one attached hydrogen (secondary N) is 1. The molecule has 1 aromatic heterocycles. The molecule has 1 fully saturated rings. The van der Waals surface area contributed by atoms with Crippen molar-refractivity contribution in [2.45, 2.75) is 53.0 Å². The normalized spacial score (nSPS) is 22.0. The second-order valence-electron chi connectivity index (χ2n) is 7.56. The smallest absolute Gasteiger partial charge is 0.336 e. The molecule has 2 heterocycles. The Hall–Kier alpha value is -1.61. The van der Waals surface area contributed by atoms with Gasteiger partial charge in [-0.05, 0) is 54.9 Å². The number of fused-ring (bicyclic) bond motifs is 1. The molecular weight excluding hydrogens is 286 g/mol. The molecule has 3 nitrogen and oxygen atoms in total. The molecule has 0 unspecified atom stereocenters. The van der Waals surface area contributed by atoms with Crippen molar-refractivity contribution in [2.24, 2.45) is 5.92 Å². The van der Waals surface area contributed by atoms with Crippen LogP contribution in [-0.4, -0.2) is 13.1 Å². The van der Waals surface area contributed by atoms with Crippen molar-refractivity contribution in [3.63, 3.8) is 0 Å². The summed E-state index contributed by atoms with van der Waals surface area (Å²) in [5.74, 6) is 1.31. The summed E-state index contributed by atoms with van der Waals surface area (Å²) in [5.41, 5.74) is 4.19. The van der Waals surface area contributed by atoms with Crippen molar-refractivity contribution in [2.75, 3.05) is 13.1 Å². The second-order valence-corrected chi connectivity index (χ2v) is 7.56. The summed E-state index contributed by atoms with van der Waals surface area (Å²) in [6.07, 6.45) is 2.57. The second kappa shape index (κ2) is 6.48. The highest BCUT2D eigenvalue weighted by molar-refractivity contribution is 5.82. The largest absolute Gasteiger partial charge is 0.423 e. The molecule has 3 rings (SSSR count). The fourth-order valence-electron chi connectivity index (χ4n) is 3.78. The maximum Gasteiger partial charge on any atom is 0.336 e. The van der Waals surface area contributed by atoms with E-state index in [0.29, 0.717) is 5.92 Å². The van der Waals surface area contributed by atoms with E-state index >= 15 is 0 Å². The standard InChI is InChI=1S/C20H27NO2/c1-13(2)17-11-18-16(12-21-7-5-14(3)6-8-21)10-20(22)23-19(18)9-15(17)4/h9-11,13-14H,5-8,12H2,1-4H3/p+1. The SMILES string of the molecule is Cc1cc2oc(=O)cc(C[NH+]3CCC(C)CC3)c2cc1C(C)C. The van der Waals surface area contributed by atoms with Crippen LogP contribution in [0.2, 0.25) is 0 Å². The number of quaternary nitrogens is 1. The minimum absolute atomic E-state index is 0.228. The first-order valence-electron chi connectivity index (χ1n) is 8.85. The fourth-order valence-corrected chi connectivity index (χ4v) is 3.78. The zero-order valence-corrected chi connectivity index (χ0v) is 14.7. The molecule has 0 spiro atoms. The molecule has 1 N–H and O–H groups in total. The highest BCUT2D eigenvalue weighted by atomic mass is 16.4. The van der Waals surface area contributed by atoms with Crippen LogP contribution in [0.5, 0.6) is 0 Å². The zero-order chi connectivity index (χ0) is 16.6. The quantitative estimate of drug-likeness (QED) is 0.884. The lowest BCUT2D eigenvalue weighted by Crippen LogP contribution is -3.11. The Morgan fingerprint density at radius 2 is 1.91 bits per heavy atom. The van der Waals surface area contributed by atoms with Gasteiger partial charge >= 0.3 is 5.63 Å². The van der Waals surface area contributed by atoms with Gasteiger partial charge in [-0.1, -0.05) is 20.8 Å². The van der Waals surface area contributed by atoms with E-state index in [-0.39, 0.29) is 5.63 Å². The van der Waals surface area contributed by atoms with Gasteiger partial charge in [-0.25, -0.2) is 4.79 Å². The molecule has 3 heteroatoms. The van der Waals surface area contributed by atoms with Crippen molar-refractivity contribution in [3.8, 4) is 0 Å². The third-order valence-electron chi connectivity index (χ3n) is 5.26. The topological polar surface area (TPSA) is 34.6 Å². The van der Waals surface area contributed by atoms with E-state index in [1.807, 2.05) is 6.07 Å². The molecule has 0 aliphatic carbocycles. The number of piperidine rings is 1. The van der Waals surface area contributed by atoms with Gasteiger partial charge in [0.05, 0.1) is 13.1 Å². The third-order valence-corrected chi connectivity index (χ3v) is 5.26. The monoisotopic (exact) mass is 314 g/mol. The lowest BCUT2D eigenvalue weighted by Gasteiger charge is -2.27. The Kier molecular flexibility index (Phi) is 4.58. The predicted octanol–water partition coefficient (Wildman–Crippen LogP) is 3.04. The number of rotatable bonds is 3. The average molecular weight is 314 g/mol. The van der Waals surface area contributed by atoms with E-state index < -0.39 is 0 Å². The molecular formula is C20H28NO2+. The number of benzene rings is 1. The summed E-state index contributed by atoms with van der Waals surface area (Å²) in [6.45, 7) is 12.2. The summed E-state index contributed by atoms with van der Waals surface area (Å²) in [7, 11) is 0. The summed E-state index contributed by atoms with van der Waals surface area (Å²) in [4.78, 5) is 13.5. The maximum atomic E-state index is 12.0. The molecule has 0 saturated carbocycles. The Morgan fingerprint density at radius 1 is 1.22 bits per heavy atom. The fraction of sp³-hybridized carbons (Fsp3) is 0.550. The number of hydrogen-bond donors (Lipinski definition) is 1. The Balaban J connectivity index is 2.01. The first-order chi connectivity index (χ1) is 10.9. The zero-order valence-electron chi connectivity index (χ0n) is 14.7. The molecule has 1 aliphatic rings. The van der Waals surface area contributed by atoms with Crippen LogP contribution >= 0.6 is 0 Å². The van der Waals surface area contributed by atoms with Crippen molar-refractivity contribution < 1.29 is 9.32 Å². The van der Waals surface area contributed by atoms with Gasteiger partial charge in [-0.3, -0.25) is 0 Å². The number of aryl methyl sites for hydroxylation is 1. The molecule has 1 aromatic carbocycles. The summed E-state index contributed by atoms with van der Waals surface area (Å²) >= 11 is 0. The van der Waals surface area contributed by atoms with Crippen molar-refractivity contribution >= 4 is 11.0 Å². The first kappa shape index (κ1) is 16.3. The predicted molar refractivity (Wildman–Crippen MR) is 94.1 cm³/mol. The molecule has 124 valence electrons. The first-order valence-corrected chi connectivity index (χ1v) is 8.85. The van der Waals surface area contributed by atoms with Gasteiger partial charge < -0.3 is 9.32 Å². The van der Waals surface area contributed by atoms with Crippen LogP contribution < -0.4 is 10.5 Å². The molecule has 0 atom stereocenters. The van der Waals surface area contributed by atoms with Crippen LogP contribution in [-0.2, 0) is 6.54 Å². The molecule has 1 saturated heterocycles. The number of likely N-dealkylation sites (tertiary alicyclic amines) is 1. The lowest BCUT2D eigenvalue weighted by atomic mass is 9.94. The van der Waals surface area contributed by atoms with E-state index in [2.05, 4.69) is 33.8 Å². The Bertz CT molecular complexity index is 752. The molecule has 1 aliphatic heterocycles. The van der Waals surface area contributed by atoms with Crippen LogP contribution in [0.1, 0.15) is 56.2 Å². The van der Waals surface area contributed by atoms with Crippen molar-refractivity contribution in [1.29, 1.82) is 0 Å². The van der Waals surface area contributed by atoms with Gasteiger partial charge in [-0.15, -0.1) is 0 Å². The molecule has 2 aromatic rings. The minimum Gasteiger partial charge on any atom is -0.423 e. The van der Waals surface area contributed by atoms with Crippen LogP contribution in [0, 0.1) is 12.8 Å². The Morgan fingerprint density at radius 3 is 2.57 bits per heavy atom. The maximum absolute atomic E-state index is 12.0. The van der Waals surface area contributed by atoms with Crippen LogP contribution in [0.4, 0.5) is 0 Å². The average Bonchev–Trinajstić information content (AvgIpc) is 2.48. The summed E-state index contributed by atoms with van der Waals surface area (Å²) in [5, 5.41) is 1.12. The van der Waals surface area contributed by atoms with Gasteiger partial charge in [-0.2, -0.15) is 0 Å². The van der Waals surface area contributed by atoms with E-state index in [1.54, 1.807) is 11.0 Å². The molecule has 23 heavy (non-hydrogen) atoms. The van der Waals surface area contributed by atoms with Crippen molar-refractivity contribution in [1.82, 2.24) is 0 Å². The van der Waals surface area contributed by atoms with Crippen LogP contribution in [0.15, 0.2) is 27.4 Å². The van der Waals surface area contributed by atoms with E-state index in [9.17, 15) is 4.79 Å². The van der Waals surface area contributed by atoms with Gasteiger partial charge in [0.2, 0.25) is 0 Å². The van der Waals surface area contributed by atoms with Gasteiger partial charge in [0.15, 0.2) is 0 Å². The molecule has 0 radical (unpaired) electrons. The van der Waals surface area contributed by atoms with Gasteiger partial charge in [0.25, 0.3) is 0 Å². The van der Waals surface area contributed by atoms with Gasteiger partial charge in [0.1, 0.15) is 12.1 Å². The van der Waals surface area contributed by atoms with Gasteiger partial charge in [0, 0.05) is 17.0 Å². The van der Waals surface area contributed by atoms with E-state index in [1.165, 1.54) is 37.1 Å². The summed E-state index contributed by atoms with van der Waals surface area (Å²) in [6, 6.07) is 5.97. The highest BCUT2D eigenvalue weighted by Gasteiger charge is 2.21. The van der Waals surface area contributed by atoms with E-state index in [4.69, 9.17) is 4.42 Å².